The fourth-order valence-electron chi connectivity index (χ4n) is 1.15. The Hall–Kier alpha value is -1.12. The lowest BCUT2D eigenvalue weighted by atomic mass is 10.1. The highest BCUT2D eigenvalue weighted by Crippen LogP contribution is 2.12. The molecule has 2 N–H and O–H groups in total. The Balaban J connectivity index is 2.97. The maximum Gasteiger partial charge on any atom is 0.0682 e. The maximum absolute atomic E-state index is 8.90. The fourth-order valence-corrected chi connectivity index (χ4v) is 1.15. The molecular formula is C11H14O2. The quantitative estimate of drug-likeness (QED) is 0.736. The van der Waals surface area contributed by atoms with Gasteiger partial charge in [-0.15, -0.1) is 0 Å². The van der Waals surface area contributed by atoms with Crippen molar-refractivity contribution in [1.82, 2.24) is 0 Å². The second-order valence-electron chi connectivity index (χ2n) is 2.93. The van der Waals surface area contributed by atoms with Crippen LogP contribution in [0.1, 0.15) is 16.7 Å². The summed E-state index contributed by atoms with van der Waals surface area (Å²) in [6.45, 7) is 2.10. The van der Waals surface area contributed by atoms with Crippen molar-refractivity contribution in [3.8, 4) is 0 Å². The van der Waals surface area contributed by atoms with E-state index in [1.54, 1.807) is 6.08 Å². The zero-order valence-electron chi connectivity index (χ0n) is 7.70. The summed E-state index contributed by atoms with van der Waals surface area (Å²) in [6.07, 6.45) is 3.54. The van der Waals surface area contributed by atoms with Crippen LogP contribution in [-0.2, 0) is 6.61 Å². The third-order valence-electron chi connectivity index (χ3n) is 1.93. The third-order valence-corrected chi connectivity index (χ3v) is 1.93. The van der Waals surface area contributed by atoms with Gasteiger partial charge >= 0.3 is 0 Å². The Kier molecular flexibility index (Phi) is 3.68. The van der Waals surface area contributed by atoms with Crippen LogP contribution in [0, 0.1) is 6.92 Å². The van der Waals surface area contributed by atoms with Crippen molar-refractivity contribution < 1.29 is 10.2 Å². The summed E-state index contributed by atoms with van der Waals surface area (Å²) in [5.41, 5.74) is 3.07. The van der Waals surface area contributed by atoms with Gasteiger partial charge in [0.2, 0.25) is 0 Å². The van der Waals surface area contributed by atoms with Gasteiger partial charge in [-0.25, -0.2) is 0 Å². The molecule has 0 amide bonds. The van der Waals surface area contributed by atoms with E-state index in [2.05, 4.69) is 0 Å². The average Bonchev–Trinajstić information content (AvgIpc) is 2.17. The Bertz CT molecular complexity index is 303. The molecule has 0 saturated heterocycles. The summed E-state index contributed by atoms with van der Waals surface area (Å²) in [5, 5.41) is 17.5. The molecule has 0 atom stereocenters. The van der Waals surface area contributed by atoms with Crippen molar-refractivity contribution in [2.75, 3.05) is 6.61 Å². The summed E-state index contributed by atoms with van der Waals surface area (Å²) in [5.74, 6) is 0. The van der Waals surface area contributed by atoms with E-state index in [4.69, 9.17) is 10.2 Å². The van der Waals surface area contributed by atoms with Crippen LogP contribution >= 0.6 is 0 Å². The van der Waals surface area contributed by atoms with Gasteiger partial charge in [0.1, 0.15) is 0 Å². The van der Waals surface area contributed by atoms with Crippen LogP contribution in [-0.4, -0.2) is 16.8 Å². The largest absolute Gasteiger partial charge is 0.392 e. The molecule has 1 aromatic rings. The molecule has 0 aliphatic carbocycles. The van der Waals surface area contributed by atoms with Crippen LogP contribution in [0.15, 0.2) is 24.3 Å². The van der Waals surface area contributed by atoms with Crippen LogP contribution in [0.3, 0.4) is 0 Å². The molecule has 0 radical (unpaired) electrons. The average molecular weight is 178 g/mol. The number of aliphatic hydroxyl groups excluding tert-OH is 2. The highest BCUT2D eigenvalue weighted by Gasteiger charge is 1.95. The lowest BCUT2D eigenvalue weighted by Crippen LogP contribution is -1.87. The highest BCUT2D eigenvalue weighted by atomic mass is 16.3. The lowest BCUT2D eigenvalue weighted by Gasteiger charge is -2.02. The Morgan fingerprint density at radius 2 is 2.08 bits per heavy atom. The monoisotopic (exact) mass is 178 g/mol. The molecule has 0 aliphatic heterocycles. The first kappa shape index (κ1) is 9.96. The van der Waals surface area contributed by atoms with Crippen molar-refractivity contribution in [2.45, 2.75) is 13.5 Å². The second kappa shape index (κ2) is 4.80. The number of benzene rings is 1. The minimum absolute atomic E-state index is 0.0444. The van der Waals surface area contributed by atoms with E-state index in [0.717, 1.165) is 16.7 Å². The molecule has 0 fully saturated rings. The molecule has 13 heavy (non-hydrogen) atoms. The Morgan fingerprint density at radius 1 is 1.31 bits per heavy atom. The van der Waals surface area contributed by atoms with Crippen LogP contribution in [0.4, 0.5) is 0 Å². The Morgan fingerprint density at radius 3 is 2.69 bits per heavy atom. The topological polar surface area (TPSA) is 40.5 Å². The molecule has 0 saturated carbocycles. The maximum atomic E-state index is 8.90. The van der Waals surface area contributed by atoms with E-state index in [0.29, 0.717) is 0 Å². The zero-order chi connectivity index (χ0) is 9.68. The molecule has 2 heteroatoms. The summed E-state index contributed by atoms with van der Waals surface area (Å²) in [7, 11) is 0. The summed E-state index contributed by atoms with van der Waals surface area (Å²) >= 11 is 0. The fraction of sp³-hybridized carbons (Fsp3) is 0.273. The normalized spacial score (nSPS) is 11.0. The molecule has 0 unspecified atom stereocenters. The molecule has 0 aromatic heterocycles. The predicted molar refractivity (Wildman–Crippen MR) is 53.2 cm³/mol. The predicted octanol–water partition coefficient (Wildman–Crippen LogP) is 1.49. The minimum atomic E-state index is 0.0444. The van der Waals surface area contributed by atoms with E-state index >= 15 is 0 Å². The first-order valence-electron chi connectivity index (χ1n) is 4.25. The number of rotatable bonds is 3. The first-order chi connectivity index (χ1) is 6.27. The number of hydrogen-bond acceptors (Lipinski definition) is 2. The standard InChI is InChI=1S/C11H14O2/c1-9-4-5-10(8-13)7-11(9)3-2-6-12/h2-5,7,12-13H,6,8H2,1H3. The molecule has 1 rings (SSSR count). The van der Waals surface area contributed by atoms with E-state index in [9.17, 15) is 0 Å². The van der Waals surface area contributed by atoms with Gasteiger partial charge in [-0.3, -0.25) is 0 Å². The van der Waals surface area contributed by atoms with Gasteiger partial charge in [-0.2, -0.15) is 0 Å². The summed E-state index contributed by atoms with van der Waals surface area (Å²) in [4.78, 5) is 0. The number of aryl methyl sites for hydroxylation is 1. The van der Waals surface area contributed by atoms with Gasteiger partial charge in [0.25, 0.3) is 0 Å². The van der Waals surface area contributed by atoms with Crippen molar-refractivity contribution in [3.63, 3.8) is 0 Å². The summed E-state index contributed by atoms with van der Waals surface area (Å²) < 4.78 is 0. The number of hydrogen-bond donors (Lipinski definition) is 2. The Labute approximate surface area is 78.2 Å². The van der Waals surface area contributed by atoms with Gasteiger partial charge in [-0.1, -0.05) is 24.3 Å². The van der Waals surface area contributed by atoms with Crippen molar-refractivity contribution in [3.05, 3.63) is 41.0 Å². The highest BCUT2D eigenvalue weighted by molar-refractivity contribution is 5.54. The smallest absolute Gasteiger partial charge is 0.0682 e. The van der Waals surface area contributed by atoms with Crippen LogP contribution in [0.5, 0.6) is 0 Å². The molecular weight excluding hydrogens is 164 g/mol. The van der Waals surface area contributed by atoms with Crippen molar-refractivity contribution >= 4 is 6.08 Å². The lowest BCUT2D eigenvalue weighted by molar-refractivity contribution is 0.282. The molecule has 2 nitrogen and oxygen atoms in total. The van der Waals surface area contributed by atoms with Gasteiger partial charge in [0.05, 0.1) is 13.2 Å². The molecule has 70 valence electrons. The van der Waals surface area contributed by atoms with E-state index in [-0.39, 0.29) is 13.2 Å². The first-order valence-corrected chi connectivity index (χ1v) is 4.25. The molecule has 1 aromatic carbocycles. The van der Waals surface area contributed by atoms with Gasteiger partial charge in [0, 0.05) is 0 Å². The van der Waals surface area contributed by atoms with E-state index in [1.165, 1.54) is 0 Å². The molecule has 0 spiro atoms. The SMILES string of the molecule is Cc1ccc(CO)cc1C=CCO. The van der Waals surface area contributed by atoms with Gasteiger partial charge in [0.15, 0.2) is 0 Å². The van der Waals surface area contributed by atoms with Gasteiger partial charge < -0.3 is 10.2 Å². The van der Waals surface area contributed by atoms with Crippen molar-refractivity contribution in [2.24, 2.45) is 0 Å². The number of aliphatic hydroxyl groups is 2. The molecule has 0 bridgehead atoms. The van der Waals surface area contributed by atoms with Gasteiger partial charge in [-0.05, 0) is 29.7 Å². The molecule has 0 aliphatic rings. The van der Waals surface area contributed by atoms with Crippen LogP contribution in [0.2, 0.25) is 0 Å². The summed E-state index contributed by atoms with van der Waals surface area (Å²) in [6, 6.07) is 5.77. The third kappa shape index (κ3) is 2.68. The second-order valence-corrected chi connectivity index (χ2v) is 2.93. The van der Waals surface area contributed by atoms with Crippen molar-refractivity contribution in [1.29, 1.82) is 0 Å². The van der Waals surface area contributed by atoms with Crippen LogP contribution < -0.4 is 0 Å². The zero-order valence-corrected chi connectivity index (χ0v) is 7.70. The van der Waals surface area contributed by atoms with E-state index in [1.807, 2.05) is 31.2 Å². The van der Waals surface area contributed by atoms with Crippen LogP contribution in [0.25, 0.3) is 6.08 Å². The van der Waals surface area contributed by atoms with E-state index < -0.39 is 0 Å². The minimum Gasteiger partial charge on any atom is -0.392 e. The molecule has 0 heterocycles.